The van der Waals surface area contributed by atoms with Gasteiger partial charge in [0.1, 0.15) is 5.82 Å². The number of aromatic hydroxyl groups is 1. The maximum Gasteiger partial charge on any atom is 0.235 e. The second-order valence-corrected chi connectivity index (χ2v) is 8.92. The monoisotopic (exact) mass is 395 g/mol. The maximum atomic E-state index is 13.5. The molecule has 0 radical (unpaired) electrons. The second-order valence-electron chi connectivity index (χ2n) is 6.59. The van der Waals surface area contributed by atoms with E-state index in [1.807, 2.05) is 13.0 Å². The molecule has 1 aliphatic heterocycles. The Morgan fingerprint density at radius 1 is 1.31 bits per heavy atom. The van der Waals surface area contributed by atoms with Gasteiger partial charge in [0, 0.05) is 12.1 Å². The normalized spacial score (nSPS) is 14.7. The molecule has 4 rings (SSSR count). The van der Waals surface area contributed by atoms with E-state index in [4.69, 9.17) is 16.0 Å². The van der Waals surface area contributed by atoms with E-state index < -0.39 is 28.9 Å². The summed E-state index contributed by atoms with van der Waals surface area (Å²) in [6.45, 7) is 2.87. The molecule has 4 nitrogen and oxygen atoms in total. The van der Waals surface area contributed by atoms with Crippen LogP contribution in [-0.2, 0) is 0 Å². The Balaban J connectivity index is 2.02. The average Bonchev–Trinajstić information content (AvgIpc) is 3.15. The molecule has 0 aliphatic carbocycles. The molecule has 1 N–H and O–H groups in total. The van der Waals surface area contributed by atoms with E-state index in [2.05, 4.69) is 4.31 Å². The first kappa shape index (κ1) is 17.2. The largest absolute Gasteiger partial charge is 0.502 e. The lowest BCUT2D eigenvalue weighted by Crippen LogP contribution is -2.12. The van der Waals surface area contributed by atoms with Gasteiger partial charge in [-0.3, -0.25) is 16.7 Å². The molecule has 2 heterocycles. The van der Waals surface area contributed by atoms with Crippen LogP contribution in [0.25, 0.3) is 22.3 Å². The van der Waals surface area contributed by atoms with Crippen LogP contribution in [0.15, 0.2) is 39.5 Å². The van der Waals surface area contributed by atoms with Crippen molar-refractivity contribution in [3.8, 4) is 17.1 Å². The lowest BCUT2D eigenvalue weighted by atomic mass is 10.1. The number of hydrogen-bond donors (Lipinski definition) is 1. The molecular formula is C19H19ClFNO3S. The molecule has 0 spiro atoms. The molecule has 138 valence electrons. The number of nitrogens with zero attached hydrogens (tertiary/aromatic N) is 1. The number of aryl methyl sites for hydroxylation is 1. The summed E-state index contributed by atoms with van der Waals surface area (Å²) in [5.41, 5.74) is 2.17. The predicted octanol–water partition coefficient (Wildman–Crippen LogP) is 4.05. The van der Waals surface area contributed by atoms with Gasteiger partial charge in [-0.15, -0.1) is 0 Å². The van der Waals surface area contributed by atoms with Crippen molar-refractivity contribution < 1.29 is 13.9 Å². The lowest BCUT2D eigenvalue weighted by Gasteiger charge is -2.22. The van der Waals surface area contributed by atoms with Crippen molar-refractivity contribution in [2.24, 2.45) is 0 Å². The fourth-order valence-corrected chi connectivity index (χ4v) is 5.37. The molecular weight excluding hydrogens is 377 g/mol. The van der Waals surface area contributed by atoms with Crippen molar-refractivity contribution >= 4 is 40.2 Å². The van der Waals surface area contributed by atoms with Crippen LogP contribution in [0.1, 0.15) is 12.0 Å². The molecule has 0 unspecified atom stereocenters. The van der Waals surface area contributed by atoms with E-state index in [0.29, 0.717) is 16.5 Å². The average molecular weight is 396 g/mol. The van der Waals surface area contributed by atoms with Crippen LogP contribution in [0, 0.1) is 12.7 Å². The van der Waals surface area contributed by atoms with Gasteiger partial charge in [0.2, 0.25) is 11.2 Å². The molecule has 1 aliphatic rings. The van der Waals surface area contributed by atoms with Gasteiger partial charge < -0.3 is 13.8 Å². The summed E-state index contributed by atoms with van der Waals surface area (Å²) in [7, 11) is 0. The number of benzene rings is 2. The third kappa shape index (κ3) is 2.83. The maximum absolute atomic E-state index is 13.5. The summed E-state index contributed by atoms with van der Waals surface area (Å²) in [5.74, 6) is 0.168. The van der Waals surface area contributed by atoms with Gasteiger partial charge in [-0.2, -0.15) is 0 Å². The highest BCUT2D eigenvalue weighted by molar-refractivity contribution is 8.00. The van der Waals surface area contributed by atoms with Crippen molar-refractivity contribution in [2.75, 3.05) is 16.6 Å². The SMILES string of the molecule is Cc1cc(N2CCC[SH4]2)c2oc(-c3ccc(F)c(Cl)c3)c(O)c(=O)c2c1. The third-order valence-electron chi connectivity index (χ3n) is 4.72. The highest BCUT2D eigenvalue weighted by Gasteiger charge is 2.21. The van der Waals surface area contributed by atoms with Gasteiger partial charge in [-0.05, 0) is 55.0 Å². The summed E-state index contributed by atoms with van der Waals surface area (Å²) in [4.78, 5) is 12.8. The third-order valence-corrected chi connectivity index (χ3v) is 7.02. The number of rotatable bonds is 2. The number of anilines is 1. The van der Waals surface area contributed by atoms with E-state index in [1.165, 1.54) is 24.0 Å². The fraction of sp³-hybridized carbons (Fsp3) is 0.211. The summed E-state index contributed by atoms with van der Waals surface area (Å²) >= 11 is 5.43. The second kappa shape index (κ2) is 6.52. The number of fused-ring (bicyclic) bond motifs is 1. The first-order valence-electron chi connectivity index (χ1n) is 8.46. The summed E-state index contributed by atoms with van der Waals surface area (Å²) in [5, 5.41) is 10.7. The molecule has 2 aromatic carbocycles. The van der Waals surface area contributed by atoms with Crippen LogP contribution in [-0.4, -0.2) is 17.4 Å². The van der Waals surface area contributed by atoms with Crippen molar-refractivity contribution in [2.45, 2.75) is 13.3 Å². The fourth-order valence-electron chi connectivity index (χ4n) is 3.44. The van der Waals surface area contributed by atoms with Crippen molar-refractivity contribution in [1.29, 1.82) is 0 Å². The topological polar surface area (TPSA) is 53.7 Å². The van der Waals surface area contributed by atoms with E-state index in [1.54, 1.807) is 6.07 Å². The Morgan fingerprint density at radius 2 is 2.12 bits per heavy atom. The van der Waals surface area contributed by atoms with E-state index in [9.17, 15) is 14.3 Å². The zero-order chi connectivity index (χ0) is 18.4. The van der Waals surface area contributed by atoms with Gasteiger partial charge >= 0.3 is 0 Å². The minimum atomic E-state index is -0.572. The van der Waals surface area contributed by atoms with Crippen LogP contribution in [0.3, 0.4) is 0 Å². The predicted molar refractivity (Wildman–Crippen MR) is 109 cm³/mol. The minimum absolute atomic E-state index is 0.00960. The minimum Gasteiger partial charge on any atom is -0.502 e. The summed E-state index contributed by atoms with van der Waals surface area (Å²) < 4.78 is 21.8. The Hall–Kier alpha value is -2.18. The van der Waals surface area contributed by atoms with Crippen LogP contribution in [0.4, 0.5) is 10.1 Å². The van der Waals surface area contributed by atoms with Crippen LogP contribution >= 0.6 is 23.5 Å². The van der Waals surface area contributed by atoms with Crippen molar-refractivity contribution in [1.82, 2.24) is 0 Å². The standard InChI is InChI=1S/C19H19ClFNO3S/c1-10-7-12-16(23)17(24)18(11-3-4-14(21)13(20)9-11)25-19(12)15(8-10)22-5-2-6-26-22/h3-4,7-9,24H,2,5-6H2,1H3,26H4. The van der Waals surface area contributed by atoms with Crippen LogP contribution < -0.4 is 9.73 Å². The zero-order valence-corrected chi connectivity index (χ0v) is 16.4. The summed E-state index contributed by atoms with van der Waals surface area (Å²) in [6, 6.07) is 7.71. The van der Waals surface area contributed by atoms with Gasteiger partial charge in [-0.1, -0.05) is 11.6 Å². The van der Waals surface area contributed by atoms with E-state index >= 15 is 0 Å². The Labute approximate surface area is 158 Å². The van der Waals surface area contributed by atoms with Crippen molar-refractivity contribution in [3.63, 3.8) is 0 Å². The lowest BCUT2D eigenvalue weighted by molar-refractivity contribution is 0.449. The van der Waals surface area contributed by atoms with Gasteiger partial charge in [0.25, 0.3) is 0 Å². The number of hydrogen-bond acceptors (Lipinski definition) is 4. The summed E-state index contributed by atoms with van der Waals surface area (Å²) in [6.07, 6.45) is 1.14. The molecule has 0 amide bonds. The molecule has 0 atom stereocenters. The molecule has 0 saturated carbocycles. The Bertz CT molecular complexity index is 1080. The highest BCUT2D eigenvalue weighted by atomic mass is 35.5. The van der Waals surface area contributed by atoms with E-state index in [-0.39, 0.29) is 10.8 Å². The van der Waals surface area contributed by atoms with Crippen LogP contribution in [0.2, 0.25) is 5.02 Å². The van der Waals surface area contributed by atoms with Crippen LogP contribution in [0.5, 0.6) is 5.75 Å². The Kier molecular flexibility index (Phi) is 4.32. The molecule has 7 heteroatoms. The first-order valence-corrected chi connectivity index (χ1v) is 10.5. The highest BCUT2D eigenvalue weighted by Crippen LogP contribution is 2.39. The van der Waals surface area contributed by atoms with Gasteiger partial charge in [0.05, 0.1) is 16.1 Å². The van der Waals surface area contributed by atoms with Gasteiger partial charge in [-0.25, -0.2) is 4.39 Å². The van der Waals surface area contributed by atoms with Gasteiger partial charge in [0.15, 0.2) is 11.3 Å². The molecule has 1 saturated heterocycles. The Morgan fingerprint density at radius 3 is 2.81 bits per heavy atom. The number of halogens is 2. The van der Waals surface area contributed by atoms with Crippen molar-refractivity contribution in [3.05, 3.63) is 57.0 Å². The molecule has 3 aromatic rings. The quantitative estimate of drug-likeness (QED) is 0.711. The zero-order valence-electron chi connectivity index (χ0n) is 14.2. The molecule has 0 bridgehead atoms. The van der Waals surface area contributed by atoms with E-state index in [0.717, 1.165) is 24.2 Å². The first-order chi connectivity index (χ1) is 12.5. The smallest absolute Gasteiger partial charge is 0.235 e. The molecule has 1 aromatic heterocycles. The molecule has 26 heavy (non-hydrogen) atoms. The molecule has 1 fully saturated rings.